The number of aryl methyl sites for hydroxylation is 2. The first-order valence-electron chi connectivity index (χ1n) is 5.50. The van der Waals surface area contributed by atoms with Gasteiger partial charge in [0.2, 0.25) is 0 Å². The lowest BCUT2D eigenvalue weighted by Gasteiger charge is -2.03. The molecule has 0 aliphatic heterocycles. The van der Waals surface area contributed by atoms with Crippen LogP contribution in [0.25, 0.3) is 0 Å². The predicted octanol–water partition coefficient (Wildman–Crippen LogP) is 2.92. The summed E-state index contributed by atoms with van der Waals surface area (Å²) in [4.78, 5) is 11.6. The zero-order chi connectivity index (χ0) is 12.1. The van der Waals surface area contributed by atoms with Gasteiger partial charge in [-0.1, -0.05) is 13.0 Å². The monoisotopic (exact) mass is 284 g/mol. The minimum absolute atomic E-state index is 0.174. The Morgan fingerprint density at radius 1 is 1.56 bits per heavy atom. The Balaban J connectivity index is 2.97. The Kier molecular flexibility index (Phi) is 4.93. The number of carbonyl (C=O) groups is 1. The summed E-state index contributed by atoms with van der Waals surface area (Å²) in [5.41, 5.74) is 1.99. The topological polar surface area (TPSA) is 34.9 Å². The average molecular weight is 285 g/mol. The highest BCUT2D eigenvalue weighted by molar-refractivity contribution is 9.10. The van der Waals surface area contributed by atoms with Gasteiger partial charge in [0.1, 0.15) is 5.78 Å². The van der Waals surface area contributed by atoms with Crippen molar-refractivity contribution in [2.75, 3.05) is 0 Å². The molecule has 0 aliphatic rings. The molecule has 1 heterocycles. The van der Waals surface area contributed by atoms with Crippen molar-refractivity contribution in [2.45, 2.75) is 39.7 Å². The zero-order valence-electron chi connectivity index (χ0n) is 9.79. The molecule has 0 saturated heterocycles. The molecule has 1 aromatic heterocycles. The summed E-state index contributed by atoms with van der Waals surface area (Å²) in [6.45, 7) is 8.45. The van der Waals surface area contributed by atoms with E-state index in [2.05, 4.69) is 34.5 Å². The van der Waals surface area contributed by atoms with Crippen molar-refractivity contribution < 1.29 is 4.79 Å². The summed E-state index contributed by atoms with van der Waals surface area (Å²) in [6, 6.07) is 0. The molecule has 0 aromatic carbocycles. The van der Waals surface area contributed by atoms with Crippen LogP contribution >= 0.6 is 15.9 Å². The van der Waals surface area contributed by atoms with Crippen LogP contribution < -0.4 is 0 Å². The quantitative estimate of drug-likeness (QED) is 0.753. The van der Waals surface area contributed by atoms with Crippen molar-refractivity contribution in [2.24, 2.45) is 0 Å². The number of nitrogens with zero attached hydrogens (tertiary/aromatic N) is 2. The molecular formula is C12H17BrN2O. The van der Waals surface area contributed by atoms with E-state index >= 15 is 0 Å². The van der Waals surface area contributed by atoms with E-state index < -0.39 is 0 Å². The predicted molar refractivity (Wildman–Crippen MR) is 68.5 cm³/mol. The number of hydrogen-bond acceptors (Lipinski definition) is 2. The highest BCUT2D eigenvalue weighted by Crippen LogP contribution is 2.23. The van der Waals surface area contributed by atoms with Crippen LogP contribution in [0.15, 0.2) is 17.1 Å². The molecule has 0 fully saturated rings. The molecular weight excluding hydrogens is 268 g/mol. The third-order valence-electron chi connectivity index (χ3n) is 2.43. The molecule has 0 amide bonds. The van der Waals surface area contributed by atoms with Crippen molar-refractivity contribution in [3.8, 4) is 0 Å². The lowest BCUT2D eigenvalue weighted by Crippen LogP contribution is -2.09. The lowest BCUT2D eigenvalue weighted by atomic mass is 10.1. The number of ketones is 1. The largest absolute Gasteiger partial charge is 0.299 e. The second kappa shape index (κ2) is 5.99. The summed E-state index contributed by atoms with van der Waals surface area (Å²) in [5.74, 6) is 0.174. The Morgan fingerprint density at radius 2 is 2.25 bits per heavy atom. The number of Topliss-reactive ketones (excluding diaryl/α,β-unsaturated/α-hetero) is 1. The van der Waals surface area contributed by atoms with Crippen molar-refractivity contribution in [1.29, 1.82) is 0 Å². The summed E-state index contributed by atoms with van der Waals surface area (Å²) in [5, 5.41) is 4.45. The maximum Gasteiger partial charge on any atom is 0.142 e. The Hall–Kier alpha value is -0.900. The number of allylic oxidation sites excluding steroid dienone is 1. The van der Waals surface area contributed by atoms with Gasteiger partial charge >= 0.3 is 0 Å². The van der Waals surface area contributed by atoms with Gasteiger partial charge in [0.05, 0.1) is 15.9 Å². The average Bonchev–Trinajstić information content (AvgIpc) is 2.56. The molecule has 3 nitrogen and oxygen atoms in total. The molecule has 0 spiro atoms. The lowest BCUT2D eigenvalue weighted by molar-refractivity contribution is -0.117. The van der Waals surface area contributed by atoms with Gasteiger partial charge in [-0.2, -0.15) is 5.10 Å². The van der Waals surface area contributed by atoms with Crippen LogP contribution in [-0.2, 0) is 24.2 Å². The molecule has 88 valence electrons. The van der Waals surface area contributed by atoms with Gasteiger partial charge in [0.15, 0.2) is 0 Å². The number of hydrogen-bond donors (Lipinski definition) is 0. The molecule has 16 heavy (non-hydrogen) atoms. The van der Waals surface area contributed by atoms with E-state index in [1.807, 2.05) is 11.6 Å². The number of carbonyl (C=O) groups excluding carboxylic acids is 1. The standard InChI is InChI=1S/C12H17BrN2O/c1-4-7-9(16)8-11-12(13)10(5-2)14-15(11)6-3/h4H,1,5-8H2,2-3H3. The molecule has 0 radical (unpaired) electrons. The molecule has 1 aromatic rings. The Labute approximate surface area is 105 Å². The highest BCUT2D eigenvalue weighted by Gasteiger charge is 2.15. The fourth-order valence-electron chi connectivity index (χ4n) is 1.61. The molecule has 1 rings (SSSR count). The van der Waals surface area contributed by atoms with E-state index in [1.165, 1.54) is 0 Å². The molecule has 4 heteroatoms. The molecule has 0 bridgehead atoms. The van der Waals surface area contributed by atoms with Crippen molar-refractivity contribution in [1.82, 2.24) is 9.78 Å². The van der Waals surface area contributed by atoms with Crippen molar-refractivity contribution >= 4 is 21.7 Å². The van der Waals surface area contributed by atoms with E-state index in [-0.39, 0.29) is 5.78 Å². The van der Waals surface area contributed by atoms with Gasteiger partial charge in [0.25, 0.3) is 0 Å². The first-order chi connectivity index (χ1) is 7.63. The third-order valence-corrected chi connectivity index (χ3v) is 3.35. The van der Waals surface area contributed by atoms with Crippen LogP contribution in [0, 0.1) is 0 Å². The van der Waals surface area contributed by atoms with E-state index in [0.717, 1.165) is 28.8 Å². The van der Waals surface area contributed by atoms with Crippen LogP contribution in [0.4, 0.5) is 0 Å². The van der Waals surface area contributed by atoms with E-state index in [1.54, 1.807) is 6.08 Å². The van der Waals surface area contributed by atoms with Gasteiger partial charge in [-0.05, 0) is 29.3 Å². The maximum absolute atomic E-state index is 11.6. The summed E-state index contributed by atoms with van der Waals surface area (Å²) in [7, 11) is 0. The fourth-order valence-corrected chi connectivity index (χ4v) is 2.31. The second-order valence-electron chi connectivity index (χ2n) is 3.58. The first-order valence-corrected chi connectivity index (χ1v) is 6.29. The highest BCUT2D eigenvalue weighted by atomic mass is 79.9. The third kappa shape index (κ3) is 2.82. The zero-order valence-corrected chi connectivity index (χ0v) is 11.4. The van der Waals surface area contributed by atoms with Crippen LogP contribution in [-0.4, -0.2) is 15.6 Å². The Morgan fingerprint density at radius 3 is 2.75 bits per heavy atom. The fraction of sp³-hybridized carbons (Fsp3) is 0.500. The number of rotatable bonds is 6. The van der Waals surface area contributed by atoms with E-state index in [4.69, 9.17) is 0 Å². The van der Waals surface area contributed by atoms with E-state index in [0.29, 0.717) is 12.8 Å². The van der Waals surface area contributed by atoms with Gasteiger partial charge in [-0.15, -0.1) is 6.58 Å². The SMILES string of the molecule is C=CCC(=O)Cc1c(Br)c(CC)nn1CC. The molecule has 0 unspecified atom stereocenters. The molecule has 0 aliphatic carbocycles. The smallest absolute Gasteiger partial charge is 0.142 e. The van der Waals surface area contributed by atoms with Gasteiger partial charge in [-0.3, -0.25) is 9.48 Å². The minimum atomic E-state index is 0.174. The first kappa shape index (κ1) is 13.2. The van der Waals surface area contributed by atoms with Gasteiger partial charge in [-0.25, -0.2) is 0 Å². The van der Waals surface area contributed by atoms with Crippen molar-refractivity contribution in [3.05, 3.63) is 28.5 Å². The van der Waals surface area contributed by atoms with Gasteiger partial charge < -0.3 is 0 Å². The second-order valence-corrected chi connectivity index (χ2v) is 4.38. The summed E-state index contributed by atoms with van der Waals surface area (Å²) in [6.07, 6.45) is 3.36. The number of halogens is 1. The minimum Gasteiger partial charge on any atom is -0.299 e. The normalized spacial score (nSPS) is 10.4. The van der Waals surface area contributed by atoms with Crippen LogP contribution in [0.5, 0.6) is 0 Å². The van der Waals surface area contributed by atoms with Crippen LogP contribution in [0.3, 0.4) is 0 Å². The molecule has 0 saturated carbocycles. The van der Waals surface area contributed by atoms with E-state index in [9.17, 15) is 4.79 Å². The van der Waals surface area contributed by atoms with Crippen LogP contribution in [0.1, 0.15) is 31.7 Å². The molecule has 0 N–H and O–H groups in total. The number of aromatic nitrogens is 2. The molecule has 0 atom stereocenters. The van der Waals surface area contributed by atoms with Gasteiger partial charge in [0, 0.05) is 19.4 Å². The summed E-state index contributed by atoms with van der Waals surface area (Å²) >= 11 is 3.52. The van der Waals surface area contributed by atoms with Crippen molar-refractivity contribution in [3.63, 3.8) is 0 Å². The summed E-state index contributed by atoms with van der Waals surface area (Å²) < 4.78 is 2.87. The Bertz CT molecular complexity index is 396. The maximum atomic E-state index is 11.6. The van der Waals surface area contributed by atoms with Crippen LogP contribution in [0.2, 0.25) is 0 Å².